The van der Waals surface area contributed by atoms with Crippen LogP contribution in [0.1, 0.15) is 13.8 Å². The predicted molar refractivity (Wildman–Crippen MR) is 96.9 cm³/mol. The first-order valence-electron chi connectivity index (χ1n) is 8.12. The molecule has 140 valence electrons. The van der Waals surface area contributed by atoms with E-state index in [2.05, 4.69) is 10.6 Å². The molecular weight excluding hydrogens is 358 g/mol. The number of ether oxygens (including phenoxy) is 1. The highest BCUT2D eigenvalue weighted by molar-refractivity contribution is 8.00. The van der Waals surface area contributed by atoms with Gasteiger partial charge in [0, 0.05) is 11.4 Å². The number of nitrogens with zero attached hydrogens (tertiary/aromatic N) is 1. The van der Waals surface area contributed by atoms with Gasteiger partial charge in [-0.3, -0.25) is 24.6 Å². The third-order valence-electron chi connectivity index (χ3n) is 3.38. The smallest absolute Gasteiger partial charge is 0.326 e. The molecule has 1 aliphatic rings. The summed E-state index contributed by atoms with van der Waals surface area (Å²) >= 11 is 1.41. The van der Waals surface area contributed by atoms with E-state index in [1.165, 1.54) is 16.7 Å². The van der Waals surface area contributed by atoms with Crippen molar-refractivity contribution in [2.24, 2.45) is 5.92 Å². The van der Waals surface area contributed by atoms with Crippen LogP contribution in [-0.4, -0.2) is 49.3 Å². The molecule has 4 amide bonds. The Morgan fingerprint density at radius 3 is 2.73 bits per heavy atom. The number of carbonyl (C=O) groups is 4. The Bertz CT molecular complexity index is 707. The topological polar surface area (TPSA) is 105 Å². The van der Waals surface area contributed by atoms with Gasteiger partial charge in [-0.25, -0.2) is 4.79 Å². The van der Waals surface area contributed by atoms with Crippen molar-refractivity contribution in [3.05, 3.63) is 24.3 Å². The van der Waals surface area contributed by atoms with Gasteiger partial charge in [-0.15, -0.1) is 11.8 Å². The molecule has 0 aromatic heterocycles. The molecule has 0 bridgehead atoms. The summed E-state index contributed by atoms with van der Waals surface area (Å²) in [6.07, 6.45) is 0. The number of anilines is 1. The molecule has 1 aliphatic heterocycles. The first-order valence-corrected chi connectivity index (χ1v) is 9.11. The van der Waals surface area contributed by atoms with Gasteiger partial charge in [0.25, 0.3) is 5.91 Å². The van der Waals surface area contributed by atoms with Crippen LogP contribution in [0.3, 0.4) is 0 Å². The first kappa shape index (κ1) is 19.8. The van der Waals surface area contributed by atoms with Crippen molar-refractivity contribution in [1.82, 2.24) is 10.6 Å². The lowest BCUT2D eigenvalue weighted by Gasteiger charge is -2.27. The molecule has 1 heterocycles. The van der Waals surface area contributed by atoms with Crippen LogP contribution in [0.2, 0.25) is 0 Å². The summed E-state index contributed by atoms with van der Waals surface area (Å²) in [5, 5.41) is 4.59. The van der Waals surface area contributed by atoms with Gasteiger partial charge in [0.1, 0.15) is 6.54 Å². The Hall–Kier alpha value is -2.55. The summed E-state index contributed by atoms with van der Waals surface area (Å²) in [4.78, 5) is 49.4. The molecule has 0 saturated carbocycles. The van der Waals surface area contributed by atoms with Crippen molar-refractivity contribution in [3.63, 3.8) is 0 Å². The Kier molecular flexibility index (Phi) is 7.02. The summed E-state index contributed by atoms with van der Waals surface area (Å²) in [5.74, 6) is -1.18. The zero-order valence-electron chi connectivity index (χ0n) is 14.6. The molecule has 0 aliphatic carbocycles. The van der Waals surface area contributed by atoms with Gasteiger partial charge < -0.3 is 10.1 Å². The van der Waals surface area contributed by atoms with Crippen molar-refractivity contribution in [1.29, 1.82) is 0 Å². The number of carbonyl (C=O) groups excluding carboxylic acids is 4. The van der Waals surface area contributed by atoms with Crippen LogP contribution in [0.5, 0.6) is 0 Å². The lowest BCUT2D eigenvalue weighted by Crippen LogP contribution is -2.43. The van der Waals surface area contributed by atoms with Gasteiger partial charge in [-0.1, -0.05) is 26.0 Å². The van der Waals surface area contributed by atoms with E-state index in [4.69, 9.17) is 4.74 Å². The van der Waals surface area contributed by atoms with Crippen LogP contribution >= 0.6 is 11.8 Å². The standard InChI is InChI=1S/C17H21N3O5S/c1-11(2)7-18-17(24)19-14(21)9-25-16(23)8-20-12-5-3-4-6-13(12)26-10-15(20)22/h3-6,11H,7-10H2,1-2H3,(H2,18,19,21,24). The number of hydrogen-bond acceptors (Lipinski definition) is 6. The molecule has 0 spiro atoms. The van der Waals surface area contributed by atoms with Gasteiger partial charge in [0.2, 0.25) is 5.91 Å². The van der Waals surface area contributed by atoms with E-state index in [0.717, 1.165) is 4.90 Å². The van der Waals surface area contributed by atoms with Crippen LogP contribution in [-0.2, 0) is 19.1 Å². The van der Waals surface area contributed by atoms with E-state index < -0.39 is 24.5 Å². The summed E-state index contributed by atoms with van der Waals surface area (Å²) in [6.45, 7) is 3.38. The maximum Gasteiger partial charge on any atom is 0.326 e. The monoisotopic (exact) mass is 379 g/mol. The highest BCUT2D eigenvalue weighted by atomic mass is 32.2. The van der Waals surface area contributed by atoms with Crippen LogP contribution in [0, 0.1) is 5.92 Å². The molecule has 2 rings (SSSR count). The lowest BCUT2D eigenvalue weighted by molar-refractivity contribution is -0.147. The van der Waals surface area contributed by atoms with Crippen LogP contribution in [0.25, 0.3) is 0 Å². The summed E-state index contributed by atoms with van der Waals surface area (Å²) in [5.41, 5.74) is 0.642. The average molecular weight is 379 g/mol. The van der Waals surface area contributed by atoms with Gasteiger partial charge in [-0.05, 0) is 18.1 Å². The lowest BCUT2D eigenvalue weighted by atomic mass is 10.2. The number of benzene rings is 1. The van der Waals surface area contributed by atoms with E-state index in [1.54, 1.807) is 12.1 Å². The minimum absolute atomic E-state index is 0.205. The number of hydrogen-bond donors (Lipinski definition) is 2. The maximum atomic E-state index is 12.1. The maximum absolute atomic E-state index is 12.1. The molecule has 26 heavy (non-hydrogen) atoms. The van der Waals surface area contributed by atoms with Crippen LogP contribution < -0.4 is 15.5 Å². The number of thioether (sulfide) groups is 1. The van der Waals surface area contributed by atoms with E-state index in [-0.39, 0.29) is 24.1 Å². The molecule has 0 atom stereocenters. The number of nitrogens with one attached hydrogen (secondary N) is 2. The van der Waals surface area contributed by atoms with Gasteiger partial charge in [-0.2, -0.15) is 0 Å². The zero-order chi connectivity index (χ0) is 19.1. The molecule has 0 fully saturated rings. The normalized spacial score (nSPS) is 13.2. The molecule has 0 radical (unpaired) electrons. The predicted octanol–water partition coefficient (Wildman–Crippen LogP) is 1.15. The summed E-state index contributed by atoms with van der Waals surface area (Å²) < 4.78 is 4.86. The van der Waals surface area contributed by atoms with Crippen molar-refractivity contribution >= 4 is 41.3 Å². The van der Waals surface area contributed by atoms with E-state index >= 15 is 0 Å². The zero-order valence-corrected chi connectivity index (χ0v) is 15.4. The van der Waals surface area contributed by atoms with Gasteiger partial charge in [0.05, 0.1) is 11.4 Å². The van der Waals surface area contributed by atoms with Crippen molar-refractivity contribution < 1.29 is 23.9 Å². The number of amides is 4. The van der Waals surface area contributed by atoms with Crippen LogP contribution in [0.15, 0.2) is 29.2 Å². The summed E-state index contributed by atoms with van der Waals surface area (Å²) in [7, 11) is 0. The highest BCUT2D eigenvalue weighted by Crippen LogP contribution is 2.34. The molecule has 1 aromatic carbocycles. The third-order valence-corrected chi connectivity index (χ3v) is 4.43. The number of fused-ring (bicyclic) bond motifs is 1. The number of esters is 1. The number of para-hydroxylation sites is 1. The van der Waals surface area contributed by atoms with Crippen molar-refractivity contribution in [2.75, 3.05) is 30.3 Å². The minimum atomic E-state index is -0.736. The minimum Gasteiger partial charge on any atom is -0.454 e. The second-order valence-corrected chi connectivity index (χ2v) is 7.07. The van der Waals surface area contributed by atoms with E-state index in [9.17, 15) is 19.2 Å². The molecule has 0 unspecified atom stereocenters. The number of urea groups is 1. The largest absolute Gasteiger partial charge is 0.454 e. The fraction of sp³-hybridized carbons (Fsp3) is 0.412. The fourth-order valence-corrected chi connectivity index (χ4v) is 3.09. The SMILES string of the molecule is CC(C)CNC(=O)NC(=O)COC(=O)CN1C(=O)CSc2ccccc21. The van der Waals surface area contributed by atoms with E-state index in [0.29, 0.717) is 12.2 Å². The molecule has 0 saturated heterocycles. The van der Waals surface area contributed by atoms with Gasteiger partial charge >= 0.3 is 12.0 Å². The first-order chi connectivity index (χ1) is 12.4. The number of rotatable bonds is 6. The molecule has 8 nitrogen and oxygen atoms in total. The fourth-order valence-electron chi connectivity index (χ4n) is 2.15. The van der Waals surface area contributed by atoms with Gasteiger partial charge in [0.15, 0.2) is 6.61 Å². The van der Waals surface area contributed by atoms with Crippen molar-refractivity contribution in [3.8, 4) is 0 Å². The van der Waals surface area contributed by atoms with Crippen molar-refractivity contribution in [2.45, 2.75) is 18.7 Å². The average Bonchev–Trinajstić information content (AvgIpc) is 2.60. The molecule has 2 N–H and O–H groups in total. The molecule has 9 heteroatoms. The molecular formula is C17H21N3O5S. The Labute approximate surface area is 155 Å². The second kappa shape index (κ2) is 9.23. The number of imide groups is 1. The molecule has 1 aromatic rings. The van der Waals surface area contributed by atoms with E-state index in [1.807, 2.05) is 26.0 Å². The Morgan fingerprint density at radius 1 is 1.27 bits per heavy atom. The quantitative estimate of drug-likeness (QED) is 0.719. The third kappa shape index (κ3) is 5.76. The Balaban J connectivity index is 1.81. The Morgan fingerprint density at radius 2 is 2.00 bits per heavy atom. The summed E-state index contributed by atoms with van der Waals surface area (Å²) in [6, 6.07) is 6.61. The second-order valence-electron chi connectivity index (χ2n) is 6.05. The van der Waals surface area contributed by atoms with Crippen LogP contribution in [0.4, 0.5) is 10.5 Å². The highest BCUT2D eigenvalue weighted by Gasteiger charge is 2.27.